The standard InChI is InChI=1S/C14H30N2O/c1-4-8-13(15-6-3)14(5-2)16-9-7-11-17-12-10-16/h13-15H,4-12H2,1-3H3. The van der Waals surface area contributed by atoms with Gasteiger partial charge < -0.3 is 10.1 Å². The van der Waals surface area contributed by atoms with Crippen molar-refractivity contribution in [3.8, 4) is 0 Å². The van der Waals surface area contributed by atoms with Crippen molar-refractivity contribution < 1.29 is 4.74 Å². The van der Waals surface area contributed by atoms with Gasteiger partial charge in [-0.2, -0.15) is 0 Å². The molecule has 3 nitrogen and oxygen atoms in total. The van der Waals surface area contributed by atoms with E-state index in [0.717, 1.165) is 26.3 Å². The first-order valence-corrected chi connectivity index (χ1v) is 7.38. The Morgan fingerprint density at radius 3 is 2.65 bits per heavy atom. The fourth-order valence-corrected chi connectivity index (χ4v) is 2.90. The maximum atomic E-state index is 5.56. The van der Waals surface area contributed by atoms with E-state index >= 15 is 0 Å². The van der Waals surface area contributed by atoms with Gasteiger partial charge in [0.1, 0.15) is 0 Å². The van der Waals surface area contributed by atoms with Gasteiger partial charge in [-0.05, 0) is 25.8 Å². The SMILES string of the molecule is CCCC(NCC)C(CC)N1CCCOCC1. The predicted molar refractivity (Wildman–Crippen MR) is 73.5 cm³/mol. The van der Waals surface area contributed by atoms with Crippen LogP contribution in [0.1, 0.15) is 46.5 Å². The molecule has 0 spiro atoms. The molecule has 0 bridgehead atoms. The summed E-state index contributed by atoms with van der Waals surface area (Å²) in [7, 11) is 0. The van der Waals surface area contributed by atoms with Gasteiger partial charge in [-0.1, -0.05) is 27.2 Å². The van der Waals surface area contributed by atoms with E-state index in [-0.39, 0.29) is 0 Å². The summed E-state index contributed by atoms with van der Waals surface area (Å²) in [6.45, 7) is 12.0. The molecule has 1 rings (SSSR count). The molecular weight excluding hydrogens is 212 g/mol. The van der Waals surface area contributed by atoms with Gasteiger partial charge in [0.25, 0.3) is 0 Å². The second-order valence-corrected chi connectivity index (χ2v) is 4.93. The van der Waals surface area contributed by atoms with Crippen LogP contribution in [0, 0.1) is 0 Å². The number of hydrogen-bond donors (Lipinski definition) is 1. The lowest BCUT2D eigenvalue weighted by Gasteiger charge is -2.36. The first kappa shape index (κ1) is 14.9. The Kier molecular flexibility index (Phi) is 7.82. The fraction of sp³-hybridized carbons (Fsp3) is 1.00. The summed E-state index contributed by atoms with van der Waals surface area (Å²) in [5, 5.41) is 3.67. The van der Waals surface area contributed by atoms with Crippen LogP contribution in [0.5, 0.6) is 0 Å². The van der Waals surface area contributed by atoms with Crippen LogP contribution >= 0.6 is 0 Å². The minimum Gasteiger partial charge on any atom is -0.380 e. The van der Waals surface area contributed by atoms with E-state index in [4.69, 9.17) is 4.74 Å². The average Bonchev–Trinajstić information content (AvgIpc) is 2.60. The zero-order valence-electron chi connectivity index (χ0n) is 11.9. The van der Waals surface area contributed by atoms with Crippen LogP contribution in [0.4, 0.5) is 0 Å². The Hall–Kier alpha value is -0.120. The zero-order chi connectivity index (χ0) is 12.5. The largest absolute Gasteiger partial charge is 0.380 e. The third kappa shape index (κ3) is 4.94. The highest BCUT2D eigenvalue weighted by Crippen LogP contribution is 2.15. The van der Waals surface area contributed by atoms with Gasteiger partial charge in [0.05, 0.1) is 6.61 Å². The van der Waals surface area contributed by atoms with Crippen LogP contribution in [-0.2, 0) is 4.74 Å². The molecule has 0 radical (unpaired) electrons. The van der Waals surface area contributed by atoms with Crippen molar-refractivity contribution in [1.29, 1.82) is 0 Å². The Labute approximate surface area is 107 Å². The van der Waals surface area contributed by atoms with E-state index in [1.165, 1.54) is 32.2 Å². The van der Waals surface area contributed by atoms with E-state index in [2.05, 4.69) is 31.0 Å². The summed E-state index contributed by atoms with van der Waals surface area (Å²) in [5.41, 5.74) is 0. The van der Waals surface area contributed by atoms with E-state index < -0.39 is 0 Å². The van der Waals surface area contributed by atoms with Crippen molar-refractivity contribution in [3.05, 3.63) is 0 Å². The van der Waals surface area contributed by atoms with Crippen LogP contribution in [0.3, 0.4) is 0 Å². The molecule has 1 aliphatic heterocycles. The van der Waals surface area contributed by atoms with Crippen LogP contribution in [0.25, 0.3) is 0 Å². The van der Waals surface area contributed by atoms with Gasteiger partial charge in [0.2, 0.25) is 0 Å². The molecule has 2 atom stereocenters. The lowest BCUT2D eigenvalue weighted by atomic mass is 9.99. The number of nitrogens with zero attached hydrogens (tertiary/aromatic N) is 1. The number of hydrogen-bond acceptors (Lipinski definition) is 3. The lowest BCUT2D eigenvalue weighted by molar-refractivity contribution is 0.117. The van der Waals surface area contributed by atoms with Crippen molar-refractivity contribution in [3.63, 3.8) is 0 Å². The van der Waals surface area contributed by atoms with Crippen LogP contribution < -0.4 is 5.32 Å². The fourth-order valence-electron chi connectivity index (χ4n) is 2.90. The van der Waals surface area contributed by atoms with Gasteiger partial charge in [0.15, 0.2) is 0 Å². The molecule has 102 valence electrons. The maximum Gasteiger partial charge on any atom is 0.0593 e. The third-order valence-electron chi connectivity index (χ3n) is 3.67. The zero-order valence-corrected chi connectivity index (χ0v) is 11.9. The molecule has 3 heteroatoms. The number of nitrogens with one attached hydrogen (secondary N) is 1. The molecular formula is C14H30N2O. The molecule has 2 unspecified atom stereocenters. The second-order valence-electron chi connectivity index (χ2n) is 4.93. The highest BCUT2D eigenvalue weighted by atomic mass is 16.5. The van der Waals surface area contributed by atoms with Crippen molar-refractivity contribution in [2.75, 3.05) is 32.8 Å². The van der Waals surface area contributed by atoms with Crippen LogP contribution in [0.15, 0.2) is 0 Å². The molecule has 17 heavy (non-hydrogen) atoms. The molecule has 1 aliphatic rings. The van der Waals surface area contributed by atoms with Crippen LogP contribution in [0.2, 0.25) is 0 Å². The lowest BCUT2D eigenvalue weighted by Crippen LogP contribution is -2.50. The van der Waals surface area contributed by atoms with Gasteiger partial charge >= 0.3 is 0 Å². The molecule has 1 saturated heterocycles. The summed E-state index contributed by atoms with van der Waals surface area (Å²) in [4.78, 5) is 2.63. The number of rotatable bonds is 7. The Morgan fingerprint density at radius 1 is 1.18 bits per heavy atom. The summed E-state index contributed by atoms with van der Waals surface area (Å²) < 4.78 is 5.56. The average molecular weight is 242 g/mol. The number of likely N-dealkylation sites (N-methyl/N-ethyl adjacent to an activating group) is 1. The Bertz CT molecular complexity index is 171. The molecule has 1 N–H and O–H groups in total. The monoisotopic (exact) mass is 242 g/mol. The third-order valence-corrected chi connectivity index (χ3v) is 3.67. The van der Waals surface area contributed by atoms with E-state index in [1.807, 2.05) is 0 Å². The molecule has 0 aromatic heterocycles. The van der Waals surface area contributed by atoms with Gasteiger partial charge in [0, 0.05) is 31.8 Å². The van der Waals surface area contributed by atoms with Gasteiger partial charge in [-0.15, -0.1) is 0 Å². The van der Waals surface area contributed by atoms with Crippen molar-refractivity contribution in [2.24, 2.45) is 0 Å². The summed E-state index contributed by atoms with van der Waals surface area (Å²) in [5.74, 6) is 0. The first-order valence-electron chi connectivity index (χ1n) is 7.38. The predicted octanol–water partition coefficient (Wildman–Crippen LogP) is 2.27. The molecule has 0 aromatic rings. The second kappa shape index (κ2) is 8.90. The first-order chi connectivity index (χ1) is 8.33. The summed E-state index contributed by atoms with van der Waals surface area (Å²) >= 11 is 0. The minimum absolute atomic E-state index is 0.646. The van der Waals surface area contributed by atoms with Crippen molar-refractivity contribution >= 4 is 0 Å². The molecule has 1 heterocycles. The smallest absolute Gasteiger partial charge is 0.0593 e. The minimum atomic E-state index is 0.646. The Morgan fingerprint density at radius 2 is 2.00 bits per heavy atom. The quantitative estimate of drug-likeness (QED) is 0.741. The van der Waals surface area contributed by atoms with Crippen LogP contribution in [-0.4, -0.2) is 49.8 Å². The Balaban J connectivity index is 2.57. The van der Waals surface area contributed by atoms with Crippen molar-refractivity contribution in [1.82, 2.24) is 10.2 Å². The molecule has 0 aromatic carbocycles. The topological polar surface area (TPSA) is 24.5 Å². The van der Waals surface area contributed by atoms with Gasteiger partial charge in [-0.25, -0.2) is 0 Å². The van der Waals surface area contributed by atoms with E-state index in [9.17, 15) is 0 Å². The number of ether oxygens (including phenoxy) is 1. The highest BCUT2D eigenvalue weighted by Gasteiger charge is 2.25. The maximum absolute atomic E-state index is 5.56. The summed E-state index contributed by atoms with van der Waals surface area (Å²) in [6.07, 6.45) is 4.96. The molecule has 1 fully saturated rings. The normalized spacial score (nSPS) is 22.1. The molecule has 0 aliphatic carbocycles. The van der Waals surface area contributed by atoms with E-state index in [0.29, 0.717) is 12.1 Å². The highest BCUT2D eigenvalue weighted by molar-refractivity contribution is 4.84. The summed E-state index contributed by atoms with van der Waals surface area (Å²) in [6, 6.07) is 1.32. The molecule has 0 amide bonds. The molecule has 0 saturated carbocycles. The van der Waals surface area contributed by atoms with Crippen molar-refractivity contribution in [2.45, 2.75) is 58.5 Å². The van der Waals surface area contributed by atoms with E-state index in [1.54, 1.807) is 0 Å². The van der Waals surface area contributed by atoms with Gasteiger partial charge in [-0.3, -0.25) is 4.90 Å².